The summed E-state index contributed by atoms with van der Waals surface area (Å²) in [6, 6.07) is 18.7. The second-order valence-electron chi connectivity index (χ2n) is 9.19. The predicted octanol–water partition coefficient (Wildman–Crippen LogP) is 6.47. The highest BCUT2D eigenvalue weighted by Crippen LogP contribution is 2.36. The Morgan fingerprint density at radius 3 is 2.41 bits per heavy atom. The Balaban J connectivity index is 1.48. The van der Waals surface area contributed by atoms with E-state index in [0.29, 0.717) is 35.7 Å². The predicted molar refractivity (Wildman–Crippen MR) is 145 cm³/mol. The Morgan fingerprint density at radius 2 is 1.76 bits per heavy atom. The van der Waals surface area contributed by atoms with Gasteiger partial charge in [-0.3, -0.25) is 4.79 Å². The van der Waals surface area contributed by atoms with Crippen LogP contribution in [0.25, 0.3) is 16.5 Å². The Kier molecular flexibility index (Phi) is 6.79. The maximum atomic E-state index is 14.6. The summed E-state index contributed by atoms with van der Waals surface area (Å²) in [7, 11) is -3.69. The summed E-state index contributed by atoms with van der Waals surface area (Å²) in [5.74, 6) is -0.457. The van der Waals surface area contributed by atoms with Crippen molar-refractivity contribution in [1.82, 2.24) is 8.87 Å². The lowest BCUT2D eigenvalue weighted by molar-refractivity contribution is 0.101. The molecule has 3 aromatic carbocycles. The van der Waals surface area contributed by atoms with Gasteiger partial charge in [0.2, 0.25) is 10.0 Å². The fourth-order valence-electron chi connectivity index (χ4n) is 4.99. The third-order valence-corrected chi connectivity index (χ3v) is 9.23. The number of rotatable bonds is 6. The minimum absolute atomic E-state index is 0.110. The van der Waals surface area contributed by atoms with E-state index in [2.05, 4.69) is 4.57 Å². The van der Waals surface area contributed by atoms with Crippen molar-refractivity contribution in [2.75, 3.05) is 13.1 Å². The van der Waals surface area contributed by atoms with Gasteiger partial charge >= 0.3 is 0 Å². The van der Waals surface area contributed by atoms with Gasteiger partial charge in [0.1, 0.15) is 5.82 Å². The van der Waals surface area contributed by atoms with Gasteiger partial charge in [-0.15, -0.1) is 0 Å². The third kappa shape index (κ3) is 4.63. The largest absolute Gasteiger partial charge is 0.340 e. The van der Waals surface area contributed by atoms with Crippen LogP contribution in [0.1, 0.15) is 40.5 Å². The third-order valence-electron chi connectivity index (χ3n) is 7.00. The van der Waals surface area contributed by atoms with Crippen LogP contribution in [0, 0.1) is 12.7 Å². The topological polar surface area (TPSA) is 59.4 Å². The molecule has 0 saturated heterocycles. The molecule has 2 heterocycles. The van der Waals surface area contributed by atoms with Gasteiger partial charge in [-0.1, -0.05) is 54.1 Å². The first-order valence-corrected chi connectivity index (χ1v) is 13.8. The summed E-state index contributed by atoms with van der Waals surface area (Å²) in [5, 5.41) is 1.42. The molecule has 0 bridgehead atoms. The van der Waals surface area contributed by atoms with E-state index in [1.54, 1.807) is 24.3 Å². The van der Waals surface area contributed by atoms with Crippen LogP contribution in [0.15, 0.2) is 77.7 Å². The summed E-state index contributed by atoms with van der Waals surface area (Å²) in [6.45, 7) is 4.32. The molecule has 0 amide bonds. The van der Waals surface area contributed by atoms with E-state index in [9.17, 15) is 17.6 Å². The van der Waals surface area contributed by atoms with Crippen molar-refractivity contribution < 1.29 is 17.6 Å². The van der Waals surface area contributed by atoms with Crippen LogP contribution in [-0.2, 0) is 16.6 Å². The van der Waals surface area contributed by atoms with Gasteiger partial charge in [0.25, 0.3) is 0 Å². The van der Waals surface area contributed by atoms with E-state index in [-0.39, 0.29) is 23.0 Å². The van der Waals surface area contributed by atoms with E-state index in [0.717, 1.165) is 27.7 Å². The van der Waals surface area contributed by atoms with Crippen LogP contribution in [0.3, 0.4) is 0 Å². The maximum Gasteiger partial charge on any atom is 0.243 e. The van der Waals surface area contributed by atoms with Crippen molar-refractivity contribution >= 4 is 43.9 Å². The van der Waals surface area contributed by atoms with E-state index in [1.807, 2.05) is 37.3 Å². The monoisotopic (exact) mass is 536 g/mol. The van der Waals surface area contributed by atoms with Gasteiger partial charge in [0.15, 0.2) is 5.78 Å². The maximum absolute atomic E-state index is 14.6. The molecular formula is C29H26ClFN2O3S. The smallest absolute Gasteiger partial charge is 0.243 e. The molecule has 1 aliphatic heterocycles. The second-order valence-corrected chi connectivity index (χ2v) is 11.5. The van der Waals surface area contributed by atoms with Crippen molar-refractivity contribution in [3.63, 3.8) is 0 Å². The summed E-state index contributed by atoms with van der Waals surface area (Å²) >= 11 is 6.33. The van der Waals surface area contributed by atoms with Gasteiger partial charge in [-0.05, 0) is 56.2 Å². The molecule has 190 valence electrons. The van der Waals surface area contributed by atoms with Gasteiger partial charge in [0, 0.05) is 51.4 Å². The first kappa shape index (κ1) is 25.4. The van der Waals surface area contributed by atoms with E-state index in [4.69, 9.17) is 11.6 Å². The number of fused-ring (bicyclic) bond motifs is 1. The number of hydrogen-bond donors (Lipinski definition) is 0. The zero-order valence-electron chi connectivity index (χ0n) is 20.5. The van der Waals surface area contributed by atoms with Crippen molar-refractivity contribution in [3.05, 3.63) is 106 Å². The molecule has 0 saturated carbocycles. The molecule has 1 aliphatic rings. The van der Waals surface area contributed by atoms with Crippen LogP contribution in [-0.4, -0.2) is 36.2 Å². The lowest BCUT2D eigenvalue weighted by atomic mass is 9.97. The average molecular weight is 537 g/mol. The van der Waals surface area contributed by atoms with Crippen molar-refractivity contribution in [2.45, 2.75) is 31.7 Å². The van der Waals surface area contributed by atoms with Crippen LogP contribution in [0.4, 0.5) is 4.39 Å². The highest BCUT2D eigenvalue weighted by Gasteiger charge is 2.28. The minimum Gasteiger partial charge on any atom is -0.340 e. The SMILES string of the molecule is CC(=O)c1ccc(S(=O)(=O)N2CC=C(c3c(C)n(Cc4c(F)cccc4Cl)c4ccccc34)CC2)cc1. The van der Waals surface area contributed by atoms with Gasteiger partial charge < -0.3 is 4.57 Å². The van der Waals surface area contributed by atoms with Gasteiger partial charge in [0.05, 0.1) is 11.4 Å². The van der Waals surface area contributed by atoms with E-state index < -0.39 is 10.0 Å². The van der Waals surface area contributed by atoms with Crippen LogP contribution < -0.4 is 0 Å². The fourth-order valence-corrected chi connectivity index (χ4v) is 6.59. The molecule has 1 aromatic heterocycles. The molecule has 0 spiro atoms. The number of carbonyl (C=O) groups excluding carboxylic acids is 1. The number of aromatic nitrogens is 1. The Hall–Kier alpha value is -3.26. The summed E-state index contributed by atoms with van der Waals surface area (Å²) in [4.78, 5) is 11.7. The van der Waals surface area contributed by atoms with Crippen molar-refractivity contribution in [3.8, 4) is 0 Å². The normalized spacial score (nSPS) is 14.6. The molecule has 0 unspecified atom stereocenters. The number of sulfonamides is 1. The number of ketones is 1. The molecule has 0 aliphatic carbocycles. The first-order chi connectivity index (χ1) is 17.7. The van der Waals surface area contributed by atoms with Crippen LogP contribution >= 0.6 is 11.6 Å². The van der Waals surface area contributed by atoms with Gasteiger partial charge in [-0.25, -0.2) is 12.8 Å². The zero-order chi connectivity index (χ0) is 26.3. The van der Waals surface area contributed by atoms with E-state index in [1.165, 1.54) is 29.4 Å². The summed E-state index contributed by atoms with van der Waals surface area (Å²) < 4.78 is 44.6. The fraction of sp³-hybridized carbons (Fsp3) is 0.207. The van der Waals surface area contributed by atoms with Crippen molar-refractivity contribution in [1.29, 1.82) is 0 Å². The van der Waals surface area contributed by atoms with E-state index >= 15 is 0 Å². The zero-order valence-corrected chi connectivity index (χ0v) is 22.1. The lowest BCUT2D eigenvalue weighted by Gasteiger charge is -2.26. The average Bonchev–Trinajstić information content (AvgIpc) is 3.17. The first-order valence-electron chi connectivity index (χ1n) is 12.0. The molecule has 8 heteroatoms. The number of nitrogens with zero attached hydrogens (tertiary/aromatic N) is 2. The quantitative estimate of drug-likeness (QED) is 0.265. The highest BCUT2D eigenvalue weighted by atomic mass is 35.5. The molecule has 37 heavy (non-hydrogen) atoms. The number of Topliss-reactive ketones (excluding diaryl/α,β-unsaturated/α-hetero) is 1. The summed E-state index contributed by atoms with van der Waals surface area (Å²) in [6.07, 6.45) is 2.50. The molecular weight excluding hydrogens is 511 g/mol. The Morgan fingerprint density at radius 1 is 1.03 bits per heavy atom. The van der Waals surface area contributed by atoms with Crippen molar-refractivity contribution in [2.24, 2.45) is 0 Å². The molecule has 0 atom stereocenters. The molecule has 5 rings (SSSR count). The summed E-state index contributed by atoms with van der Waals surface area (Å²) in [5.41, 5.74) is 4.96. The number of halogens is 2. The minimum atomic E-state index is -3.69. The number of carbonyl (C=O) groups is 1. The molecule has 4 aromatic rings. The number of para-hydroxylation sites is 1. The molecule has 0 N–H and O–H groups in total. The molecule has 0 radical (unpaired) electrons. The van der Waals surface area contributed by atoms with Gasteiger partial charge in [-0.2, -0.15) is 4.31 Å². The standard InChI is InChI=1S/C29H26ClFN2O3S/c1-19-29(24-6-3-4-9-28(24)33(19)18-25-26(30)7-5-8-27(25)31)22-14-16-32(17-15-22)37(35,36)23-12-10-21(11-13-23)20(2)34/h3-14H,15-18H2,1-2H3. The second kappa shape index (κ2) is 9.89. The highest BCUT2D eigenvalue weighted by molar-refractivity contribution is 7.89. The number of hydrogen-bond acceptors (Lipinski definition) is 3. The van der Waals surface area contributed by atoms with Crippen LogP contribution in [0.2, 0.25) is 5.02 Å². The Labute approximate surface area is 220 Å². The molecule has 0 fully saturated rings. The Bertz CT molecular complexity index is 1640. The molecule has 5 nitrogen and oxygen atoms in total. The van der Waals surface area contributed by atoms with Crippen LogP contribution in [0.5, 0.6) is 0 Å². The number of benzene rings is 3. The lowest BCUT2D eigenvalue weighted by Crippen LogP contribution is -2.34.